The van der Waals surface area contributed by atoms with Gasteiger partial charge in [-0.1, -0.05) is 17.8 Å². The van der Waals surface area contributed by atoms with E-state index in [0.717, 1.165) is 4.90 Å². The summed E-state index contributed by atoms with van der Waals surface area (Å²) in [6.07, 6.45) is 0. The molecule has 0 amide bonds. The summed E-state index contributed by atoms with van der Waals surface area (Å²) in [5.74, 6) is 0.203. The maximum atomic E-state index is 13.0. The van der Waals surface area contributed by atoms with Gasteiger partial charge in [-0.25, -0.2) is 9.37 Å². The summed E-state index contributed by atoms with van der Waals surface area (Å²) in [6.45, 7) is 0. The monoisotopic (exact) mass is 250 g/mol. The number of hydrogen-bond acceptors (Lipinski definition) is 4. The molecule has 1 heterocycles. The summed E-state index contributed by atoms with van der Waals surface area (Å²) in [7, 11) is 1.54. The topological polar surface area (TPSA) is 48.1 Å². The van der Waals surface area contributed by atoms with Crippen molar-refractivity contribution in [2.45, 2.75) is 9.92 Å². The largest absolute Gasteiger partial charge is 0.481 e. The van der Waals surface area contributed by atoms with Gasteiger partial charge in [0.2, 0.25) is 5.88 Å². The van der Waals surface area contributed by atoms with E-state index in [1.165, 1.54) is 31.0 Å². The van der Waals surface area contributed by atoms with Crippen LogP contribution in [-0.4, -0.2) is 12.1 Å². The number of rotatable bonds is 3. The molecule has 17 heavy (non-hydrogen) atoms. The number of ether oxygens (including phenoxy) is 1. The van der Waals surface area contributed by atoms with Crippen molar-refractivity contribution < 1.29 is 9.13 Å². The average Bonchev–Trinajstić information content (AvgIpc) is 2.32. The molecule has 2 N–H and O–H groups in total. The van der Waals surface area contributed by atoms with E-state index in [4.69, 9.17) is 10.5 Å². The van der Waals surface area contributed by atoms with Gasteiger partial charge in [0, 0.05) is 11.0 Å². The fourth-order valence-corrected chi connectivity index (χ4v) is 2.13. The van der Waals surface area contributed by atoms with Gasteiger partial charge in [0.1, 0.15) is 10.8 Å². The third-order valence-electron chi connectivity index (χ3n) is 2.08. The maximum Gasteiger partial charge on any atom is 0.214 e. The van der Waals surface area contributed by atoms with Crippen molar-refractivity contribution in [3.63, 3.8) is 0 Å². The summed E-state index contributed by atoms with van der Waals surface area (Å²) >= 11 is 1.30. The van der Waals surface area contributed by atoms with Crippen molar-refractivity contribution in [3.05, 3.63) is 42.2 Å². The van der Waals surface area contributed by atoms with Crippen molar-refractivity contribution in [1.29, 1.82) is 0 Å². The predicted octanol–water partition coefficient (Wildman–Crippen LogP) is 2.96. The zero-order valence-corrected chi connectivity index (χ0v) is 10.00. The van der Waals surface area contributed by atoms with Gasteiger partial charge in [-0.3, -0.25) is 0 Å². The first-order valence-corrected chi connectivity index (χ1v) is 5.74. The van der Waals surface area contributed by atoms with Gasteiger partial charge in [0.05, 0.1) is 12.8 Å². The van der Waals surface area contributed by atoms with Crippen molar-refractivity contribution in [2.24, 2.45) is 0 Å². The quantitative estimate of drug-likeness (QED) is 0.909. The lowest BCUT2D eigenvalue weighted by Crippen LogP contribution is -1.94. The smallest absolute Gasteiger partial charge is 0.214 e. The molecule has 0 unspecified atom stereocenters. The molecule has 0 aliphatic carbocycles. The molecule has 0 saturated carbocycles. The van der Waals surface area contributed by atoms with E-state index < -0.39 is 0 Å². The van der Waals surface area contributed by atoms with Gasteiger partial charge in [-0.05, 0) is 24.3 Å². The van der Waals surface area contributed by atoms with Crippen LogP contribution in [0.15, 0.2) is 46.3 Å². The molecule has 0 spiro atoms. The Morgan fingerprint density at radius 2 is 2.12 bits per heavy atom. The van der Waals surface area contributed by atoms with E-state index in [9.17, 15) is 4.39 Å². The molecular formula is C12H11FN2OS. The summed E-state index contributed by atoms with van der Waals surface area (Å²) in [5, 5.41) is 0.606. The molecule has 2 aromatic rings. The molecule has 0 aliphatic heterocycles. The van der Waals surface area contributed by atoms with Crippen LogP contribution in [0.2, 0.25) is 0 Å². The lowest BCUT2D eigenvalue weighted by Gasteiger charge is -2.06. The third kappa shape index (κ3) is 2.88. The molecule has 0 aliphatic rings. The Kier molecular flexibility index (Phi) is 3.49. The van der Waals surface area contributed by atoms with E-state index in [1.54, 1.807) is 24.3 Å². The Labute approximate surface area is 103 Å². The lowest BCUT2D eigenvalue weighted by atomic mass is 10.4. The zero-order chi connectivity index (χ0) is 12.3. The first-order chi connectivity index (χ1) is 8.19. The number of halogens is 1. The standard InChI is InChI=1S/C12H11FN2OS/c1-16-11-6-5-10(14)12(15-11)17-9-4-2-3-8(13)7-9/h2-7H,14H2,1H3. The molecule has 0 radical (unpaired) electrons. The van der Waals surface area contributed by atoms with Crippen LogP contribution in [0.1, 0.15) is 0 Å². The van der Waals surface area contributed by atoms with Gasteiger partial charge in [0.15, 0.2) is 0 Å². The Hall–Kier alpha value is -1.75. The minimum atomic E-state index is -0.281. The first kappa shape index (κ1) is 11.7. The Balaban J connectivity index is 2.29. The number of pyridine rings is 1. The minimum Gasteiger partial charge on any atom is -0.481 e. The number of aromatic nitrogens is 1. The molecule has 0 bridgehead atoms. The van der Waals surface area contributed by atoms with E-state index in [2.05, 4.69) is 4.98 Å². The number of nitrogens with two attached hydrogens (primary N) is 1. The number of nitrogens with zero attached hydrogens (tertiary/aromatic N) is 1. The number of methoxy groups -OCH3 is 1. The Morgan fingerprint density at radius 3 is 2.82 bits per heavy atom. The van der Waals surface area contributed by atoms with E-state index >= 15 is 0 Å². The van der Waals surface area contributed by atoms with Crippen molar-refractivity contribution in [2.75, 3.05) is 12.8 Å². The Morgan fingerprint density at radius 1 is 1.29 bits per heavy atom. The number of anilines is 1. The SMILES string of the molecule is COc1ccc(N)c(Sc2cccc(F)c2)n1. The highest BCUT2D eigenvalue weighted by molar-refractivity contribution is 7.99. The lowest BCUT2D eigenvalue weighted by molar-refractivity contribution is 0.395. The minimum absolute atomic E-state index is 0.281. The second kappa shape index (κ2) is 5.05. The molecule has 5 heteroatoms. The van der Waals surface area contributed by atoms with Crippen LogP contribution in [0.5, 0.6) is 5.88 Å². The van der Waals surface area contributed by atoms with Gasteiger partial charge in [-0.2, -0.15) is 0 Å². The predicted molar refractivity (Wildman–Crippen MR) is 65.7 cm³/mol. The van der Waals surface area contributed by atoms with Crippen LogP contribution in [0.3, 0.4) is 0 Å². The maximum absolute atomic E-state index is 13.0. The number of benzene rings is 1. The molecule has 2 rings (SSSR count). The second-order valence-corrected chi connectivity index (χ2v) is 4.37. The van der Waals surface area contributed by atoms with Crippen LogP contribution in [0.4, 0.5) is 10.1 Å². The highest BCUT2D eigenvalue weighted by atomic mass is 32.2. The van der Waals surface area contributed by atoms with Crippen LogP contribution in [0, 0.1) is 5.82 Å². The molecule has 3 nitrogen and oxygen atoms in total. The van der Waals surface area contributed by atoms with Crippen molar-refractivity contribution in [3.8, 4) is 5.88 Å². The molecular weight excluding hydrogens is 239 g/mol. The van der Waals surface area contributed by atoms with Gasteiger partial charge >= 0.3 is 0 Å². The molecule has 0 atom stereocenters. The third-order valence-corrected chi connectivity index (χ3v) is 3.09. The molecule has 1 aromatic carbocycles. The van der Waals surface area contributed by atoms with E-state index in [1.807, 2.05) is 0 Å². The molecule has 1 aromatic heterocycles. The van der Waals surface area contributed by atoms with Gasteiger partial charge in [-0.15, -0.1) is 0 Å². The Bertz CT molecular complexity index is 534. The fourth-order valence-electron chi connectivity index (χ4n) is 1.27. The van der Waals surface area contributed by atoms with Crippen LogP contribution < -0.4 is 10.5 Å². The summed E-state index contributed by atoms with van der Waals surface area (Å²) < 4.78 is 18.0. The van der Waals surface area contributed by atoms with Crippen LogP contribution in [0.25, 0.3) is 0 Å². The number of hydrogen-bond donors (Lipinski definition) is 1. The summed E-state index contributed by atoms with van der Waals surface area (Å²) in [5.41, 5.74) is 6.34. The highest BCUT2D eigenvalue weighted by Crippen LogP contribution is 2.31. The molecule has 0 fully saturated rings. The summed E-state index contributed by atoms with van der Waals surface area (Å²) in [4.78, 5) is 4.96. The average molecular weight is 250 g/mol. The summed E-state index contributed by atoms with van der Waals surface area (Å²) in [6, 6.07) is 9.68. The van der Waals surface area contributed by atoms with Crippen molar-refractivity contribution in [1.82, 2.24) is 4.98 Å². The number of nitrogen functional groups attached to an aromatic ring is 1. The molecule has 0 saturated heterocycles. The molecule has 88 valence electrons. The fraction of sp³-hybridized carbons (Fsp3) is 0.0833. The zero-order valence-electron chi connectivity index (χ0n) is 9.18. The van der Waals surface area contributed by atoms with Gasteiger partial charge in [0.25, 0.3) is 0 Å². The van der Waals surface area contributed by atoms with E-state index in [-0.39, 0.29) is 5.82 Å². The van der Waals surface area contributed by atoms with Crippen LogP contribution >= 0.6 is 11.8 Å². The van der Waals surface area contributed by atoms with Gasteiger partial charge < -0.3 is 10.5 Å². The van der Waals surface area contributed by atoms with Crippen LogP contribution in [-0.2, 0) is 0 Å². The normalized spacial score (nSPS) is 10.2. The highest BCUT2D eigenvalue weighted by Gasteiger charge is 2.06. The second-order valence-electron chi connectivity index (χ2n) is 3.31. The first-order valence-electron chi connectivity index (χ1n) is 4.93. The van der Waals surface area contributed by atoms with Crippen molar-refractivity contribution >= 4 is 17.4 Å². The van der Waals surface area contributed by atoms with E-state index in [0.29, 0.717) is 16.6 Å².